The van der Waals surface area contributed by atoms with Crippen LogP contribution in [0, 0.1) is 5.82 Å². The van der Waals surface area contributed by atoms with Crippen molar-refractivity contribution in [2.45, 2.75) is 12.5 Å². The van der Waals surface area contributed by atoms with Gasteiger partial charge in [-0.1, -0.05) is 6.07 Å². The molecule has 4 heterocycles. The number of benzene rings is 1. The van der Waals surface area contributed by atoms with E-state index in [1.807, 2.05) is 17.9 Å². The summed E-state index contributed by atoms with van der Waals surface area (Å²) in [6.45, 7) is 5.96. The first-order valence-corrected chi connectivity index (χ1v) is 11.6. The summed E-state index contributed by atoms with van der Waals surface area (Å²) >= 11 is 0. The Morgan fingerprint density at radius 2 is 1.97 bits per heavy atom. The summed E-state index contributed by atoms with van der Waals surface area (Å²) in [4.78, 5) is 28.8. The van der Waals surface area contributed by atoms with Gasteiger partial charge >= 0.3 is 6.03 Å². The lowest BCUT2D eigenvalue weighted by Gasteiger charge is -2.39. The van der Waals surface area contributed by atoms with Crippen LogP contribution in [0.2, 0.25) is 0 Å². The molecule has 2 aliphatic rings. The van der Waals surface area contributed by atoms with E-state index in [2.05, 4.69) is 15.3 Å². The Labute approximate surface area is 202 Å². The van der Waals surface area contributed by atoms with Crippen LogP contribution in [-0.2, 0) is 9.47 Å². The first-order chi connectivity index (χ1) is 16.9. The zero-order valence-corrected chi connectivity index (χ0v) is 19.5. The smallest absolute Gasteiger partial charge is 0.314 e. The number of nitrogens with zero attached hydrogens (tertiary/aromatic N) is 5. The second-order valence-electron chi connectivity index (χ2n) is 8.96. The fraction of sp³-hybridized carbons (Fsp3) is 0.417. The highest BCUT2D eigenvalue weighted by Gasteiger charge is 2.33. The number of anilines is 2. The summed E-state index contributed by atoms with van der Waals surface area (Å²) in [7, 11) is 0. The number of primary amides is 1. The summed E-state index contributed by atoms with van der Waals surface area (Å²) in [5.41, 5.74) is 7.78. The highest BCUT2D eigenvalue weighted by Crippen LogP contribution is 2.30. The van der Waals surface area contributed by atoms with Crippen LogP contribution >= 0.6 is 0 Å². The van der Waals surface area contributed by atoms with Crippen molar-refractivity contribution in [1.82, 2.24) is 19.9 Å². The largest absolute Gasteiger partial charge is 0.378 e. The highest BCUT2D eigenvalue weighted by atomic mass is 19.1. The topological polar surface area (TPSA) is 119 Å². The van der Waals surface area contributed by atoms with Gasteiger partial charge in [-0.3, -0.25) is 4.98 Å². The van der Waals surface area contributed by atoms with E-state index in [0.717, 1.165) is 0 Å². The van der Waals surface area contributed by atoms with Crippen LogP contribution in [0.25, 0.3) is 22.3 Å². The van der Waals surface area contributed by atoms with Gasteiger partial charge in [-0.05, 0) is 25.1 Å². The number of pyridine rings is 1. The molecule has 2 fully saturated rings. The zero-order chi connectivity index (χ0) is 24.4. The molecule has 1 atom stereocenters. The summed E-state index contributed by atoms with van der Waals surface area (Å²) in [6.07, 6.45) is 3.20. The number of urea groups is 1. The minimum Gasteiger partial charge on any atom is -0.378 e. The van der Waals surface area contributed by atoms with Crippen LogP contribution in [0.3, 0.4) is 0 Å². The minimum absolute atomic E-state index is 0.311. The predicted octanol–water partition coefficient (Wildman–Crippen LogP) is 2.25. The van der Waals surface area contributed by atoms with Crippen LogP contribution in [0.15, 0.2) is 36.7 Å². The van der Waals surface area contributed by atoms with Gasteiger partial charge in [0, 0.05) is 44.1 Å². The van der Waals surface area contributed by atoms with Crippen LogP contribution < -0.4 is 16.0 Å². The Morgan fingerprint density at radius 1 is 1.17 bits per heavy atom. The number of nitrogens with one attached hydrogen (secondary N) is 1. The van der Waals surface area contributed by atoms with E-state index in [4.69, 9.17) is 20.2 Å². The minimum atomic E-state index is -0.661. The Morgan fingerprint density at radius 3 is 2.74 bits per heavy atom. The molecule has 1 unspecified atom stereocenters. The Kier molecular flexibility index (Phi) is 6.35. The standard InChI is InChI=1S/C24H28FN7O3/c1-24(15-32(23(26)33)8-11-35-24)14-29-22-21-19(27-4-5-28-21)13-18(30-22)16-2-3-20(17(25)12-16)31-6-9-34-10-7-31/h2-5,12-13H,6-11,14-15H2,1H3,(H2,26,33)(H,29,30). The fourth-order valence-electron chi connectivity index (χ4n) is 4.47. The lowest BCUT2D eigenvalue weighted by Crippen LogP contribution is -2.56. The third-order valence-electron chi connectivity index (χ3n) is 6.33. The molecule has 2 saturated heterocycles. The predicted molar refractivity (Wildman–Crippen MR) is 130 cm³/mol. The zero-order valence-electron chi connectivity index (χ0n) is 19.5. The summed E-state index contributed by atoms with van der Waals surface area (Å²) in [6, 6.07) is 6.46. The molecule has 5 rings (SSSR count). The van der Waals surface area contributed by atoms with Crippen molar-refractivity contribution in [1.29, 1.82) is 0 Å². The molecule has 1 aromatic carbocycles. The van der Waals surface area contributed by atoms with Crippen molar-refractivity contribution in [2.75, 3.05) is 62.8 Å². The van der Waals surface area contributed by atoms with E-state index >= 15 is 4.39 Å². The number of halogens is 1. The summed E-state index contributed by atoms with van der Waals surface area (Å²) in [5.74, 6) is 0.193. The lowest BCUT2D eigenvalue weighted by atomic mass is 10.0. The Balaban J connectivity index is 1.43. The molecule has 0 bridgehead atoms. The Bertz CT molecular complexity index is 1240. The number of carbonyl (C=O) groups is 1. The third-order valence-corrected chi connectivity index (χ3v) is 6.33. The number of carbonyl (C=O) groups excluding carboxylic acids is 1. The van der Waals surface area contributed by atoms with Gasteiger partial charge in [-0.2, -0.15) is 0 Å². The molecule has 35 heavy (non-hydrogen) atoms. The van der Waals surface area contributed by atoms with Gasteiger partial charge in [-0.25, -0.2) is 19.2 Å². The number of rotatable bonds is 5. The van der Waals surface area contributed by atoms with E-state index < -0.39 is 11.6 Å². The molecule has 2 amide bonds. The molecule has 11 heteroatoms. The normalized spacial score (nSPS) is 20.7. The second-order valence-corrected chi connectivity index (χ2v) is 8.96. The summed E-state index contributed by atoms with van der Waals surface area (Å²) in [5, 5.41) is 3.31. The SMILES string of the molecule is CC1(CNc2nc(-c3ccc(N4CCOCC4)c(F)c3)cc3nccnc23)CN(C(N)=O)CCO1. The molecule has 0 saturated carbocycles. The fourth-order valence-corrected chi connectivity index (χ4v) is 4.47. The number of nitrogens with two attached hydrogens (primary N) is 1. The number of amides is 2. The highest BCUT2D eigenvalue weighted by molar-refractivity contribution is 5.88. The van der Waals surface area contributed by atoms with Crippen molar-refractivity contribution >= 4 is 28.6 Å². The quantitative estimate of drug-likeness (QED) is 0.570. The van der Waals surface area contributed by atoms with Crippen molar-refractivity contribution < 1.29 is 18.7 Å². The molecule has 184 valence electrons. The van der Waals surface area contributed by atoms with Crippen LogP contribution in [0.5, 0.6) is 0 Å². The molecule has 0 radical (unpaired) electrons. The van der Waals surface area contributed by atoms with Crippen LogP contribution in [-0.4, -0.2) is 84.0 Å². The van der Waals surface area contributed by atoms with Gasteiger partial charge in [-0.15, -0.1) is 0 Å². The van der Waals surface area contributed by atoms with E-state index in [9.17, 15) is 4.79 Å². The molecule has 0 spiro atoms. The maximum atomic E-state index is 15.1. The maximum Gasteiger partial charge on any atom is 0.314 e. The first kappa shape index (κ1) is 23.2. The summed E-state index contributed by atoms with van der Waals surface area (Å²) < 4.78 is 26.4. The lowest BCUT2D eigenvalue weighted by molar-refractivity contribution is -0.0759. The number of hydrogen-bond donors (Lipinski definition) is 2. The molecule has 3 N–H and O–H groups in total. The number of aromatic nitrogens is 3. The van der Waals surface area contributed by atoms with Gasteiger partial charge in [0.15, 0.2) is 5.82 Å². The molecule has 3 aromatic rings. The average Bonchev–Trinajstić information content (AvgIpc) is 2.87. The number of morpholine rings is 2. The third kappa shape index (κ3) is 4.96. The van der Waals surface area contributed by atoms with Gasteiger partial charge < -0.3 is 30.3 Å². The molecule has 10 nitrogen and oxygen atoms in total. The number of hydrogen-bond acceptors (Lipinski definition) is 8. The van der Waals surface area contributed by atoms with Gasteiger partial charge in [0.2, 0.25) is 0 Å². The van der Waals surface area contributed by atoms with Crippen LogP contribution in [0.1, 0.15) is 6.92 Å². The van der Waals surface area contributed by atoms with Gasteiger partial charge in [0.25, 0.3) is 0 Å². The van der Waals surface area contributed by atoms with Crippen molar-refractivity contribution in [3.63, 3.8) is 0 Å². The van der Waals surface area contributed by atoms with E-state index in [-0.39, 0.29) is 5.82 Å². The second kappa shape index (κ2) is 9.59. The molecule has 2 aromatic heterocycles. The van der Waals surface area contributed by atoms with E-state index in [0.29, 0.717) is 86.3 Å². The van der Waals surface area contributed by atoms with E-state index in [1.54, 1.807) is 29.4 Å². The van der Waals surface area contributed by atoms with Gasteiger partial charge in [0.1, 0.15) is 16.9 Å². The van der Waals surface area contributed by atoms with Gasteiger partial charge in [0.05, 0.1) is 43.3 Å². The monoisotopic (exact) mass is 481 g/mol. The Hall–Kier alpha value is -3.57. The molecule has 2 aliphatic heterocycles. The molecular weight excluding hydrogens is 453 g/mol. The van der Waals surface area contributed by atoms with Crippen molar-refractivity contribution in [3.05, 3.63) is 42.5 Å². The van der Waals surface area contributed by atoms with Crippen molar-refractivity contribution in [3.8, 4) is 11.3 Å². The maximum absolute atomic E-state index is 15.1. The van der Waals surface area contributed by atoms with Crippen LogP contribution in [0.4, 0.5) is 20.7 Å². The molecule has 0 aliphatic carbocycles. The first-order valence-electron chi connectivity index (χ1n) is 11.6. The van der Waals surface area contributed by atoms with Crippen molar-refractivity contribution in [2.24, 2.45) is 5.73 Å². The number of ether oxygens (including phenoxy) is 2. The number of fused-ring (bicyclic) bond motifs is 1. The van der Waals surface area contributed by atoms with E-state index in [1.165, 1.54) is 6.07 Å². The average molecular weight is 482 g/mol. The molecular formula is C24H28FN7O3.